The van der Waals surface area contributed by atoms with Gasteiger partial charge >= 0.3 is 0 Å². The van der Waals surface area contributed by atoms with Crippen LogP contribution < -0.4 is 4.90 Å². The van der Waals surface area contributed by atoms with Gasteiger partial charge in [-0.1, -0.05) is 48.8 Å². The van der Waals surface area contributed by atoms with Crippen LogP contribution in [0.4, 0.5) is 5.69 Å². The van der Waals surface area contributed by atoms with Crippen LogP contribution in [-0.2, 0) is 11.2 Å². The molecule has 0 bridgehead atoms. The van der Waals surface area contributed by atoms with Gasteiger partial charge in [0.1, 0.15) is 0 Å². The Morgan fingerprint density at radius 2 is 2.00 bits per heavy atom. The van der Waals surface area contributed by atoms with Crippen LogP contribution >= 0.6 is 15.9 Å². The summed E-state index contributed by atoms with van der Waals surface area (Å²) in [6.07, 6.45) is 0.531. The van der Waals surface area contributed by atoms with Gasteiger partial charge < -0.3 is 4.90 Å². The predicted octanol–water partition coefficient (Wildman–Crippen LogP) is 3.69. The second-order valence-electron chi connectivity index (χ2n) is 5.75. The third-order valence-electron chi connectivity index (χ3n) is 3.23. The molecule has 0 fully saturated rings. The first kappa shape index (κ1) is 12.6. The molecule has 3 heteroatoms. The number of rotatable bonds is 1. The lowest BCUT2D eigenvalue weighted by atomic mass is 9.87. The second kappa shape index (κ2) is 4.13. The Hall–Kier alpha value is -0.830. The van der Waals surface area contributed by atoms with Gasteiger partial charge in [-0.25, -0.2) is 0 Å². The van der Waals surface area contributed by atoms with Gasteiger partial charge in [0.05, 0.1) is 6.42 Å². The molecule has 0 saturated heterocycles. The van der Waals surface area contributed by atoms with Crippen molar-refractivity contribution in [1.29, 1.82) is 0 Å². The molecule has 0 spiro atoms. The van der Waals surface area contributed by atoms with Crippen molar-refractivity contribution in [2.45, 2.75) is 32.0 Å². The van der Waals surface area contributed by atoms with Crippen LogP contribution in [0.2, 0.25) is 0 Å². The Morgan fingerprint density at radius 1 is 1.35 bits per heavy atom. The summed E-state index contributed by atoms with van der Waals surface area (Å²) < 4.78 is 0. The third kappa shape index (κ3) is 2.25. The molecule has 1 aromatic carbocycles. The molecule has 1 atom stereocenters. The smallest absolute Gasteiger partial charge is 0.231 e. The number of halogens is 1. The van der Waals surface area contributed by atoms with Crippen molar-refractivity contribution < 1.29 is 4.79 Å². The average molecular weight is 296 g/mol. The monoisotopic (exact) mass is 295 g/mol. The van der Waals surface area contributed by atoms with E-state index in [4.69, 9.17) is 0 Å². The Kier molecular flexibility index (Phi) is 3.06. The van der Waals surface area contributed by atoms with E-state index >= 15 is 0 Å². The van der Waals surface area contributed by atoms with Gasteiger partial charge in [0, 0.05) is 17.6 Å². The quantitative estimate of drug-likeness (QED) is 0.724. The van der Waals surface area contributed by atoms with E-state index < -0.39 is 0 Å². The van der Waals surface area contributed by atoms with Crippen LogP contribution in [0.1, 0.15) is 36.7 Å². The van der Waals surface area contributed by atoms with Gasteiger partial charge in [-0.05, 0) is 22.6 Å². The van der Waals surface area contributed by atoms with Crippen LogP contribution in [0.15, 0.2) is 18.2 Å². The molecule has 0 aliphatic carbocycles. The van der Waals surface area contributed by atoms with Crippen molar-refractivity contribution in [3.8, 4) is 0 Å². The highest BCUT2D eigenvalue weighted by Crippen LogP contribution is 2.42. The number of carbonyl (C=O) groups excluding carboxylic acids is 1. The van der Waals surface area contributed by atoms with Gasteiger partial charge in [0.2, 0.25) is 5.91 Å². The average Bonchev–Trinajstić information content (AvgIpc) is 2.52. The van der Waals surface area contributed by atoms with Crippen molar-refractivity contribution in [1.82, 2.24) is 0 Å². The second-order valence-corrected chi connectivity index (χ2v) is 6.66. The largest absolute Gasteiger partial charge is 0.315 e. The van der Waals surface area contributed by atoms with Crippen LogP contribution in [0.5, 0.6) is 0 Å². The minimum Gasteiger partial charge on any atom is -0.315 e. The Morgan fingerprint density at radius 3 is 2.59 bits per heavy atom. The highest BCUT2D eigenvalue weighted by Gasteiger charge is 2.28. The molecular weight excluding hydrogens is 278 g/mol. The molecule has 1 unspecified atom stereocenters. The fourth-order valence-corrected chi connectivity index (χ4v) is 2.43. The molecule has 0 radical (unpaired) electrons. The Bertz CT molecular complexity index is 462. The summed E-state index contributed by atoms with van der Waals surface area (Å²) >= 11 is 3.75. The number of anilines is 1. The standard InChI is InChI=1S/C14H18BrNO/c1-14(2,3)13(15)9-5-6-11-10(7-9)8-12(17)16(11)4/h5-7,13H,8H2,1-4H3. The zero-order valence-corrected chi connectivity index (χ0v) is 12.3. The van der Waals surface area contributed by atoms with Crippen LogP contribution in [0.3, 0.4) is 0 Å². The number of alkyl halides is 1. The number of fused-ring (bicyclic) bond motifs is 1. The van der Waals surface area contributed by atoms with E-state index in [1.54, 1.807) is 4.90 Å². The van der Waals surface area contributed by atoms with E-state index in [0.717, 1.165) is 11.3 Å². The molecule has 1 aliphatic rings. The molecule has 1 heterocycles. The van der Waals surface area contributed by atoms with E-state index in [0.29, 0.717) is 11.2 Å². The van der Waals surface area contributed by atoms with Crippen molar-refractivity contribution in [2.24, 2.45) is 5.41 Å². The number of carbonyl (C=O) groups is 1. The number of nitrogens with zero attached hydrogens (tertiary/aromatic N) is 1. The van der Waals surface area contributed by atoms with E-state index in [1.165, 1.54) is 5.56 Å². The first-order valence-electron chi connectivity index (χ1n) is 5.84. The van der Waals surface area contributed by atoms with Crippen molar-refractivity contribution >= 4 is 27.5 Å². The number of hydrogen-bond acceptors (Lipinski definition) is 1. The fourth-order valence-electron chi connectivity index (χ4n) is 2.15. The van der Waals surface area contributed by atoms with Gasteiger partial charge in [0.15, 0.2) is 0 Å². The highest BCUT2D eigenvalue weighted by atomic mass is 79.9. The molecule has 0 N–H and O–H groups in total. The summed E-state index contributed by atoms with van der Waals surface area (Å²) in [5.41, 5.74) is 3.61. The summed E-state index contributed by atoms with van der Waals surface area (Å²) in [6, 6.07) is 6.32. The minimum absolute atomic E-state index is 0.169. The molecule has 0 saturated carbocycles. The molecule has 92 valence electrons. The maximum atomic E-state index is 11.6. The molecular formula is C14H18BrNO. The molecule has 2 rings (SSSR count). The lowest BCUT2D eigenvalue weighted by Crippen LogP contribution is -2.20. The minimum atomic E-state index is 0.169. The maximum Gasteiger partial charge on any atom is 0.231 e. The molecule has 1 aliphatic heterocycles. The number of benzene rings is 1. The first-order valence-corrected chi connectivity index (χ1v) is 6.75. The fraction of sp³-hybridized carbons (Fsp3) is 0.500. The summed E-state index contributed by atoms with van der Waals surface area (Å²) in [5.74, 6) is 0.180. The molecule has 2 nitrogen and oxygen atoms in total. The van der Waals surface area contributed by atoms with Gasteiger partial charge in [-0.3, -0.25) is 4.79 Å². The van der Waals surface area contributed by atoms with E-state index in [2.05, 4.69) is 54.9 Å². The van der Waals surface area contributed by atoms with Crippen LogP contribution in [-0.4, -0.2) is 13.0 Å². The summed E-state index contributed by atoms with van der Waals surface area (Å²) in [7, 11) is 1.84. The molecule has 17 heavy (non-hydrogen) atoms. The first-order chi connectivity index (χ1) is 7.80. The molecule has 0 aromatic heterocycles. The Labute approximate surface area is 111 Å². The molecule has 1 aromatic rings. The zero-order chi connectivity index (χ0) is 12.8. The summed E-state index contributed by atoms with van der Waals surface area (Å²) in [6.45, 7) is 6.62. The van der Waals surface area contributed by atoms with Gasteiger partial charge in [0.25, 0.3) is 0 Å². The normalized spacial score (nSPS) is 17.2. The highest BCUT2D eigenvalue weighted by molar-refractivity contribution is 9.09. The van der Waals surface area contributed by atoms with Gasteiger partial charge in [-0.15, -0.1) is 0 Å². The van der Waals surface area contributed by atoms with Crippen molar-refractivity contribution in [2.75, 3.05) is 11.9 Å². The lowest BCUT2D eigenvalue weighted by Gasteiger charge is -2.26. The van der Waals surface area contributed by atoms with E-state index in [-0.39, 0.29) is 11.3 Å². The van der Waals surface area contributed by atoms with Gasteiger partial charge in [-0.2, -0.15) is 0 Å². The Balaban J connectivity index is 2.37. The van der Waals surface area contributed by atoms with Crippen molar-refractivity contribution in [3.05, 3.63) is 29.3 Å². The van der Waals surface area contributed by atoms with E-state index in [9.17, 15) is 4.79 Å². The van der Waals surface area contributed by atoms with Crippen LogP contribution in [0, 0.1) is 5.41 Å². The lowest BCUT2D eigenvalue weighted by molar-refractivity contribution is -0.117. The van der Waals surface area contributed by atoms with E-state index in [1.807, 2.05) is 7.05 Å². The maximum absolute atomic E-state index is 11.6. The number of likely N-dealkylation sites (N-methyl/N-ethyl adjacent to an activating group) is 1. The predicted molar refractivity (Wildman–Crippen MR) is 74.7 cm³/mol. The number of hydrogen-bond donors (Lipinski definition) is 0. The van der Waals surface area contributed by atoms with Crippen LogP contribution in [0.25, 0.3) is 0 Å². The molecule has 1 amide bonds. The van der Waals surface area contributed by atoms with Crippen molar-refractivity contribution in [3.63, 3.8) is 0 Å². The third-order valence-corrected chi connectivity index (χ3v) is 5.14. The number of amides is 1. The topological polar surface area (TPSA) is 20.3 Å². The zero-order valence-electron chi connectivity index (χ0n) is 10.7. The SMILES string of the molecule is CN1C(=O)Cc2cc(C(Br)C(C)(C)C)ccc21. The summed E-state index contributed by atoms with van der Waals surface area (Å²) in [5, 5.41) is 0. The summed E-state index contributed by atoms with van der Waals surface area (Å²) in [4.78, 5) is 13.7.